The van der Waals surface area contributed by atoms with Gasteiger partial charge in [0, 0.05) is 6.20 Å². The Kier molecular flexibility index (Phi) is 4.03. The van der Waals surface area contributed by atoms with Crippen LogP contribution in [0.15, 0.2) is 17.3 Å². The molecule has 17 heavy (non-hydrogen) atoms. The average Bonchev–Trinajstić information content (AvgIpc) is 2.14. The molecule has 0 aliphatic heterocycles. The fourth-order valence-electron chi connectivity index (χ4n) is 1.32. The van der Waals surface area contributed by atoms with Gasteiger partial charge in [0.15, 0.2) is 5.17 Å². The number of thioether (sulfide) groups is 1. The molecule has 94 valence electrons. The number of nitrogens with zero attached hydrogens (tertiary/aromatic N) is 1. The van der Waals surface area contributed by atoms with E-state index in [1.807, 2.05) is 0 Å². The predicted molar refractivity (Wildman–Crippen MR) is 61.1 cm³/mol. The Morgan fingerprint density at radius 3 is 2.47 bits per heavy atom. The van der Waals surface area contributed by atoms with Gasteiger partial charge in [-0.2, -0.15) is 13.2 Å². The van der Waals surface area contributed by atoms with Crippen LogP contribution in [0.4, 0.5) is 13.2 Å². The van der Waals surface area contributed by atoms with Crippen LogP contribution in [-0.2, 0) is 6.18 Å². The van der Waals surface area contributed by atoms with Crippen molar-refractivity contribution in [3.8, 4) is 0 Å². The minimum atomic E-state index is -4.42. The Hall–Kier alpha value is -1.24. The van der Waals surface area contributed by atoms with E-state index in [1.54, 1.807) is 13.8 Å². The van der Waals surface area contributed by atoms with Gasteiger partial charge in [-0.3, -0.25) is 5.41 Å². The molecule has 3 N–H and O–H groups in total. The third-order valence-corrected chi connectivity index (χ3v) is 2.70. The van der Waals surface area contributed by atoms with Crippen molar-refractivity contribution in [3.05, 3.63) is 23.4 Å². The largest absolute Gasteiger partial charge is 0.416 e. The lowest BCUT2D eigenvalue weighted by molar-refractivity contribution is -0.138. The van der Waals surface area contributed by atoms with E-state index in [2.05, 4.69) is 4.98 Å². The number of rotatable bonds is 2. The van der Waals surface area contributed by atoms with E-state index in [4.69, 9.17) is 11.1 Å². The molecular weight excluding hydrogens is 251 g/mol. The third kappa shape index (κ3) is 3.62. The van der Waals surface area contributed by atoms with Gasteiger partial charge in [0.2, 0.25) is 0 Å². The molecule has 1 aromatic heterocycles. The lowest BCUT2D eigenvalue weighted by Gasteiger charge is -2.15. The highest BCUT2D eigenvalue weighted by atomic mass is 32.2. The van der Waals surface area contributed by atoms with Gasteiger partial charge < -0.3 is 5.73 Å². The Bertz CT molecular complexity index is 429. The monoisotopic (exact) mass is 263 g/mol. The lowest BCUT2D eigenvalue weighted by Crippen LogP contribution is -2.12. The van der Waals surface area contributed by atoms with Crippen molar-refractivity contribution in [2.24, 2.45) is 5.73 Å². The van der Waals surface area contributed by atoms with Crippen LogP contribution in [0.25, 0.3) is 0 Å². The van der Waals surface area contributed by atoms with Crippen molar-refractivity contribution in [2.45, 2.75) is 31.0 Å². The summed E-state index contributed by atoms with van der Waals surface area (Å²) < 4.78 is 38.4. The number of pyridine rings is 1. The van der Waals surface area contributed by atoms with Crippen LogP contribution in [0.5, 0.6) is 0 Å². The van der Waals surface area contributed by atoms with E-state index in [0.717, 1.165) is 6.07 Å². The summed E-state index contributed by atoms with van der Waals surface area (Å²) in [5, 5.41) is 6.80. The summed E-state index contributed by atoms with van der Waals surface area (Å²) in [6, 6.07) is 0.932. The number of hydrogen-bond donors (Lipinski definition) is 2. The highest BCUT2D eigenvalue weighted by molar-refractivity contribution is 8.13. The molecule has 1 rings (SSSR count). The molecule has 0 bridgehead atoms. The van der Waals surface area contributed by atoms with Crippen molar-refractivity contribution in [3.63, 3.8) is 0 Å². The van der Waals surface area contributed by atoms with E-state index in [9.17, 15) is 13.2 Å². The Morgan fingerprint density at radius 2 is 2.06 bits per heavy atom. The molecule has 0 aromatic carbocycles. The van der Waals surface area contributed by atoms with Crippen LogP contribution in [0.1, 0.15) is 30.9 Å². The summed E-state index contributed by atoms with van der Waals surface area (Å²) in [6.07, 6.45) is -3.23. The first-order chi connectivity index (χ1) is 7.71. The van der Waals surface area contributed by atoms with Crippen LogP contribution in [-0.4, -0.2) is 10.2 Å². The second-order valence-corrected chi connectivity index (χ2v) is 4.79. The zero-order valence-electron chi connectivity index (χ0n) is 9.30. The first-order valence-electron chi connectivity index (χ1n) is 4.81. The molecule has 7 heteroatoms. The van der Waals surface area contributed by atoms with E-state index in [-0.39, 0.29) is 21.7 Å². The molecule has 0 unspecified atom stereocenters. The van der Waals surface area contributed by atoms with Crippen molar-refractivity contribution in [1.29, 1.82) is 5.41 Å². The SMILES string of the molecule is CC(C)c1cnc(SC(=N)N)cc1C(F)(F)F. The molecule has 3 nitrogen and oxygen atoms in total. The fourth-order valence-corrected chi connectivity index (χ4v) is 1.83. The summed E-state index contributed by atoms with van der Waals surface area (Å²) in [5.74, 6) is -0.268. The number of halogens is 3. The van der Waals surface area contributed by atoms with Crippen LogP contribution >= 0.6 is 11.8 Å². The fraction of sp³-hybridized carbons (Fsp3) is 0.400. The topological polar surface area (TPSA) is 62.8 Å². The second-order valence-electron chi connectivity index (χ2n) is 3.73. The molecule has 0 radical (unpaired) electrons. The number of aromatic nitrogens is 1. The Labute approximate surface area is 101 Å². The molecule has 0 fully saturated rings. The first kappa shape index (κ1) is 13.8. The van der Waals surface area contributed by atoms with Crippen LogP contribution in [0.3, 0.4) is 0 Å². The average molecular weight is 263 g/mol. The van der Waals surface area contributed by atoms with Gasteiger partial charge in [0.1, 0.15) is 5.03 Å². The third-order valence-electron chi connectivity index (χ3n) is 2.05. The molecular formula is C10H12F3N3S. The van der Waals surface area contributed by atoms with Crippen molar-refractivity contribution >= 4 is 16.9 Å². The summed E-state index contributed by atoms with van der Waals surface area (Å²) in [6.45, 7) is 3.34. The van der Waals surface area contributed by atoms with Crippen LogP contribution < -0.4 is 5.73 Å². The molecule has 0 saturated carbocycles. The van der Waals surface area contributed by atoms with Crippen molar-refractivity contribution in [1.82, 2.24) is 4.98 Å². The van der Waals surface area contributed by atoms with E-state index in [0.29, 0.717) is 11.8 Å². The first-order valence-corrected chi connectivity index (χ1v) is 5.62. The zero-order valence-corrected chi connectivity index (χ0v) is 10.1. The smallest absolute Gasteiger partial charge is 0.378 e. The van der Waals surface area contributed by atoms with Gasteiger partial charge in [-0.15, -0.1) is 0 Å². The Morgan fingerprint density at radius 1 is 1.47 bits per heavy atom. The van der Waals surface area contributed by atoms with Crippen molar-refractivity contribution < 1.29 is 13.2 Å². The van der Waals surface area contributed by atoms with Crippen LogP contribution in [0.2, 0.25) is 0 Å². The molecule has 1 aromatic rings. The van der Waals surface area contributed by atoms with Gasteiger partial charge in [-0.25, -0.2) is 4.98 Å². The number of nitrogens with one attached hydrogen (secondary N) is 1. The van der Waals surface area contributed by atoms with Gasteiger partial charge in [0.05, 0.1) is 5.56 Å². The van der Waals surface area contributed by atoms with E-state index in [1.165, 1.54) is 6.20 Å². The maximum atomic E-state index is 12.8. The molecule has 0 saturated heterocycles. The van der Waals surface area contributed by atoms with E-state index < -0.39 is 11.7 Å². The summed E-state index contributed by atoms with van der Waals surface area (Å²) >= 11 is 0.699. The molecule has 0 aliphatic carbocycles. The minimum absolute atomic E-state index is 0.0780. The highest BCUT2D eigenvalue weighted by Crippen LogP contribution is 2.36. The van der Waals surface area contributed by atoms with Gasteiger partial charge in [-0.05, 0) is 29.3 Å². The Balaban J connectivity index is 3.24. The molecule has 0 amide bonds. The maximum absolute atomic E-state index is 12.8. The minimum Gasteiger partial charge on any atom is -0.378 e. The number of hydrogen-bond acceptors (Lipinski definition) is 3. The van der Waals surface area contributed by atoms with Gasteiger partial charge in [0.25, 0.3) is 0 Å². The normalized spacial score (nSPS) is 11.9. The quantitative estimate of drug-likeness (QED) is 0.489. The second kappa shape index (κ2) is 4.95. The molecule has 0 spiro atoms. The van der Waals surface area contributed by atoms with Crippen LogP contribution in [0, 0.1) is 5.41 Å². The molecule has 1 heterocycles. The predicted octanol–water partition coefficient (Wildman–Crippen LogP) is 3.21. The highest BCUT2D eigenvalue weighted by Gasteiger charge is 2.34. The van der Waals surface area contributed by atoms with Gasteiger partial charge in [-0.1, -0.05) is 13.8 Å². The van der Waals surface area contributed by atoms with E-state index >= 15 is 0 Å². The summed E-state index contributed by atoms with van der Waals surface area (Å²) in [4.78, 5) is 3.86. The number of nitrogens with two attached hydrogens (primary N) is 1. The van der Waals surface area contributed by atoms with Crippen molar-refractivity contribution in [2.75, 3.05) is 0 Å². The molecule has 0 atom stereocenters. The zero-order chi connectivity index (χ0) is 13.2. The summed E-state index contributed by atoms with van der Waals surface area (Å²) in [5.41, 5.74) is 4.53. The molecule has 0 aliphatic rings. The number of amidine groups is 1. The number of alkyl halides is 3. The lowest BCUT2D eigenvalue weighted by atomic mass is 9.99. The van der Waals surface area contributed by atoms with Gasteiger partial charge >= 0.3 is 6.18 Å². The maximum Gasteiger partial charge on any atom is 0.416 e. The standard InChI is InChI=1S/C10H12F3N3S/c1-5(2)6-4-16-8(17-9(14)15)3-7(6)10(11,12)13/h3-5H,1-2H3,(H3,14,15). The summed E-state index contributed by atoms with van der Waals surface area (Å²) in [7, 11) is 0.